The van der Waals surface area contributed by atoms with Crippen LogP contribution in [0.1, 0.15) is 15.2 Å². The van der Waals surface area contributed by atoms with Crippen LogP contribution in [0.15, 0.2) is 41.8 Å². The van der Waals surface area contributed by atoms with Crippen LogP contribution in [0.2, 0.25) is 0 Å². The summed E-state index contributed by atoms with van der Waals surface area (Å²) in [7, 11) is -3.86. The Morgan fingerprint density at radius 1 is 1.24 bits per heavy atom. The maximum absolute atomic E-state index is 11.9. The van der Waals surface area contributed by atoms with E-state index in [4.69, 9.17) is 0 Å². The summed E-state index contributed by atoms with van der Waals surface area (Å²) >= 11 is 1.13. The second-order valence-electron chi connectivity index (χ2n) is 4.09. The molecule has 1 amide bonds. The zero-order chi connectivity index (χ0) is 15.5. The molecule has 7 nitrogen and oxygen atoms in total. The lowest BCUT2D eigenvalue weighted by molar-refractivity contribution is -0.384. The molecule has 1 aromatic carbocycles. The van der Waals surface area contributed by atoms with E-state index in [0.717, 1.165) is 11.3 Å². The molecule has 0 fully saturated rings. The van der Waals surface area contributed by atoms with Crippen molar-refractivity contribution in [2.75, 3.05) is 0 Å². The van der Waals surface area contributed by atoms with Crippen LogP contribution in [-0.4, -0.2) is 19.2 Å². The molecule has 0 saturated carbocycles. The lowest BCUT2D eigenvalue weighted by atomic mass is 10.2. The van der Waals surface area contributed by atoms with Gasteiger partial charge in [0.2, 0.25) is 10.0 Å². The number of nitrogens with zero attached hydrogens (tertiary/aromatic N) is 1. The van der Waals surface area contributed by atoms with E-state index < -0.39 is 26.6 Å². The molecule has 0 radical (unpaired) electrons. The number of carbonyl (C=O) groups excluding carboxylic acids is 1. The Balaban J connectivity index is 2.07. The van der Waals surface area contributed by atoms with Gasteiger partial charge >= 0.3 is 0 Å². The standard InChI is InChI=1S/C12H10N2O5S2/c15-12(11-2-1-7-20-11)13-21(18,19)8-9-3-5-10(6-4-9)14(16)17/h1-7H,8H2,(H,13,15). The fourth-order valence-corrected chi connectivity index (χ4v) is 3.35. The fourth-order valence-electron chi connectivity index (χ4n) is 1.57. The number of benzene rings is 1. The summed E-state index contributed by atoms with van der Waals surface area (Å²) in [6.45, 7) is 0. The van der Waals surface area contributed by atoms with Crippen LogP contribution in [-0.2, 0) is 15.8 Å². The molecular weight excluding hydrogens is 316 g/mol. The zero-order valence-corrected chi connectivity index (χ0v) is 12.2. The number of thiophene rings is 1. The molecule has 0 atom stereocenters. The molecule has 1 aromatic heterocycles. The Bertz CT molecular complexity index is 751. The van der Waals surface area contributed by atoms with E-state index in [0.29, 0.717) is 10.4 Å². The quantitative estimate of drug-likeness (QED) is 0.667. The third-order valence-electron chi connectivity index (χ3n) is 2.50. The molecule has 1 heterocycles. The first kappa shape index (κ1) is 15.1. The maximum Gasteiger partial charge on any atom is 0.274 e. The SMILES string of the molecule is O=C(NS(=O)(=O)Cc1ccc([N+](=O)[O-])cc1)c1cccs1. The maximum atomic E-state index is 11.9. The lowest BCUT2D eigenvalue weighted by Crippen LogP contribution is -2.31. The summed E-state index contributed by atoms with van der Waals surface area (Å²) in [5, 5.41) is 12.2. The molecule has 1 N–H and O–H groups in total. The molecule has 0 aliphatic rings. The monoisotopic (exact) mass is 326 g/mol. The number of carbonyl (C=O) groups is 1. The number of non-ortho nitro benzene ring substituents is 1. The highest BCUT2D eigenvalue weighted by Crippen LogP contribution is 2.14. The molecule has 2 rings (SSSR count). The summed E-state index contributed by atoms with van der Waals surface area (Å²) in [5.41, 5.74) is 0.228. The van der Waals surface area contributed by atoms with Crippen LogP contribution < -0.4 is 4.72 Å². The summed E-state index contributed by atoms with van der Waals surface area (Å²) < 4.78 is 25.7. The van der Waals surface area contributed by atoms with Gasteiger partial charge in [-0.15, -0.1) is 11.3 Å². The minimum Gasteiger partial charge on any atom is -0.267 e. The molecule has 9 heteroatoms. The Morgan fingerprint density at radius 3 is 2.43 bits per heavy atom. The Hall–Kier alpha value is -2.26. The largest absolute Gasteiger partial charge is 0.274 e. The Labute approximate surface area is 124 Å². The summed E-state index contributed by atoms with van der Waals surface area (Å²) in [4.78, 5) is 21.9. The van der Waals surface area contributed by atoms with Crippen molar-refractivity contribution >= 4 is 33.0 Å². The van der Waals surface area contributed by atoms with Crippen molar-refractivity contribution in [1.82, 2.24) is 4.72 Å². The molecule has 2 aromatic rings. The second kappa shape index (κ2) is 6.02. The minimum atomic E-state index is -3.86. The molecule has 0 saturated heterocycles. The lowest BCUT2D eigenvalue weighted by Gasteiger charge is -2.05. The number of nitro benzene ring substituents is 1. The van der Waals surface area contributed by atoms with E-state index in [2.05, 4.69) is 0 Å². The van der Waals surface area contributed by atoms with Crippen molar-refractivity contribution in [2.45, 2.75) is 5.75 Å². The zero-order valence-electron chi connectivity index (χ0n) is 10.6. The van der Waals surface area contributed by atoms with Gasteiger partial charge in [-0.2, -0.15) is 0 Å². The topological polar surface area (TPSA) is 106 Å². The number of nitrogens with one attached hydrogen (secondary N) is 1. The van der Waals surface area contributed by atoms with E-state index in [1.165, 1.54) is 30.3 Å². The molecule has 0 aliphatic carbocycles. The predicted octanol–water partition coefficient (Wildman–Crippen LogP) is 1.92. The number of hydrogen-bond donors (Lipinski definition) is 1. The number of amides is 1. The van der Waals surface area contributed by atoms with Crippen molar-refractivity contribution in [1.29, 1.82) is 0 Å². The molecule has 0 bridgehead atoms. The van der Waals surface area contributed by atoms with Gasteiger partial charge in [-0.3, -0.25) is 14.9 Å². The van der Waals surface area contributed by atoms with Gasteiger partial charge < -0.3 is 0 Å². The third kappa shape index (κ3) is 4.10. The van der Waals surface area contributed by atoms with E-state index in [1.807, 2.05) is 4.72 Å². The average Bonchev–Trinajstić information content (AvgIpc) is 2.92. The van der Waals surface area contributed by atoms with Crippen LogP contribution in [0.3, 0.4) is 0 Å². The van der Waals surface area contributed by atoms with Gasteiger partial charge in [0.1, 0.15) is 0 Å². The summed E-state index contributed by atoms with van der Waals surface area (Å²) in [6.07, 6.45) is 0. The van der Waals surface area contributed by atoms with Crippen LogP contribution in [0.5, 0.6) is 0 Å². The van der Waals surface area contributed by atoms with Crippen molar-refractivity contribution in [3.8, 4) is 0 Å². The van der Waals surface area contributed by atoms with Crippen molar-refractivity contribution < 1.29 is 18.1 Å². The van der Waals surface area contributed by atoms with Crippen LogP contribution in [0, 0.1) is 10.1 Å². The Morgan fingerprint density at radius 2 is 1.90 bits per heavy atom. The van der Waals surface area contributed by atoms with E-state index in [9.17, 15) is 23.3 Å². The first-order chi connectivity index (χ1) is 9.87. The van der Waals surface area contributed by atoms with Gasteiger partial charge in [0.15, 0.2) is 0 Å². The minimum absolute atomic E-state index is 0.126. The molecule has 110 valence electrons. The fraction of sp³-hybridized carbons (Fsp3) is 0.0833. The van der Waals surface area contributed by atoms with E-state index in [1.54, 1.807) is 11.4 Å². The van der Waals surface area contributed by atoms with Gasteiger partial charge in [-0.05, 0) is 17.0 Å². The van der Waals surface area contributed by atoms with Gasteiger partial charge in [0.25, 0.3) is 11.6 Å². The van der Waals surface area contributed by atoms with Crippen molar-refractivity contribution in [3.05, 3.63) is 62.3 Å². The number of sulfonamides is 1. The molecule has 0 spiro atoms. The van der Waals surface area contributed by atoms with Crippen LogP contribution in [0.25, 0.3) is 0 Å². The van der Waals surface area contributed by atoms with Crippen LogP contribution >= 0.6 is 11.3 Å². The summed E-state index contributed by atoms with van der Waals surface area (Å²) in [5.74, 6) is -1.12. The number of rotatable bonds is 5. The third-order valence-corrected chi connectivity index (χ3v) is 4.58. The van der Waals surface area contributed by atoms with Gasteiger partial charge in [-0.25, -0.2) is 13.1 Å². The molecule has 21 heavy (non-hydrogen) atoms. The summed E-state index contributed by atoms with van der Waals surface area (Å²) in [6, 6.07) is 8.27. The van der Waals surface area contributed by atoms with Gasteiger partial charge in [-0.1, -0.05) is 18.2 Å². The highest BCUT2D eigenvalue weighted by molar-refractivity contribution is 7.89. The molecule has 0 unspecified atom stereocenters. The van der Waals surface area contributed by atoms with Crippen LogP contribution in [0.4, 0.5) is 5.69 Å². The smallest absolute Gasteiger partial charge is 0.267 e. The average molecular weight is 326 g/mol. The van der Waals surface area contributed by atoms with E-state index >= 15 is 0 Å². The normalized spacial score (nSPS) is 11.0. The van der Waals surface area contributed by atoms with Gasteiger partial charge in [0, 0.05) is 12.1 Å². The van der Waals surface area contributed by atoms with Gasteiger partial charge in [0.05, 0.1) is 15.6 Å². The predicted molar refractivity (Wildman–Crippen MR) is 77.5 cm³/mol. The number of hydrogen-bond acceptors (Lipinski definition) is 6. The van der Waals surface area contributed by atoms with E-state index in [-0.39, 0.29) is 5.69 Å². The highest BCUT2D eigenvalue weighted by atomic mass is 32.2. The Kier molecular flexibility index (Phi) is 4.34. The van der Waals surface area contributed by atoms with Crippen molar-refractivity contribution in [3.63, 3.8) is 0 Å². The van der Waals surface area contributed by atoms with Crippen molar-refractivity contribution in [2.24, 2.45) is 0 Å². The highest BCUT2D eigenvalue weighted by Gasteiger charge is 2.18. The molecule has 0 aliphatic heterocycles. The number of nitro groups is 1. The first-order valence-electron chi connectivity index (χ1n) is 5.69. The second-order valence-corrected chi connectivity index (χ2v) is 6.76. The first-order valence-corrected chi connectivity index (χ1v) is 8.22. The molecular formula is C12H10N2O5S2.